The molecule has 0 amide bonds. The highest BCUT2D eigenvalue weighted by atomic mass is 32.2. The van der Waals surface area contributed by atoms with E-state index in [1.807, 2.05) is 18.2 Å². The van der Waals surface area contributed by atoms with E-state index >= 15 is 0 Å². The fourth-order valence-electron chi connectivity index (χ4n) is 1.19. The molecule has 0 heterocycles. The van der Waals surface area contributed by atoms with Crippen molar-refractivity contribution in [1.29, 1.82) is 0 Å². The summed E-state index contributed by atoms with van der Waals surface area (Å²) in [5.74, 6) is 0.630. The Balaban J connectivity index is 2.95. The van der Waals surface area contributed by atoms with Gasteiger partial charge in [0.15, 0.2) is 0 Å². The van der Waals surface area contributed by atoms with Crippen LogP contribution >= 0.6 is 23.5 Å². The predicted molar refractivity (Wildman–Crippen MR) is 75.2 cm³/mol. The van der Waals surface area contributed by atoms with Gasteiger partial charge in [-0.3, -0.25) is 0 Å². The van der Waals surface area contributed by atoms with Crippen molar-refractivity contribution >= 4 is 29.5 Å². The van der Waals surface area contributed by atoms with E-state index in [9.17, 15) is 4.79 Å². The fourth-order valence-corrected chi connectivity index (χ4v) is 2.76. The highest BCUT2D eigenvalue weighted by Crippen LogP contribution is 2.28. The molecule has 0 bridgehead atoms. The first kappa shape index (κ1) is 13.9. The molecule has 0 aliphatic rings. The number of thioether (sulfide) groups is 2. The van der Waals surface area contributed by atoms with E-state index in [4.69, 9.17) is 5.11 Å². The lowest BCUT2D eigenvalue weighted by Crippen LogP contribution is -1.99. The Bertz CT molecular complexity index is 427. The number of hydrogen-bond donors (Lipinski definition) is 1. The SMILES string of the molecule is C=CCSc1ccc(C(=O)O)c(SCC=C)c1. The summed E-state index contributed by atoms with van der Waals surface area (Å²) < 4.78 is 0. The van der Waals surface area contributed by atoms with E-state index in [0.717, 1.165) is 15.5 Å². The van der Waals surface area contributed by atoms with Gasteiger partial charge < -0.3 is 5.11 Å². The van der Waals surface area contributed by atoms with Crippen LogP contribution in [0.4, 0.5) is 0 Å². The molecule has 0 unspecified atom stereocenters. The maximum atomic E-state index is 11.0. The van der Waals surface area contributed by atoms with Crippen LogP contribution in [0.5, 0.6) is 0 Å². The van der Waals surface area contributed by atoms with Gasteiger partial charge in [-0.2, -0.15) is 0 Å². The Morgan fingerprint density at radius 2 is 1.88 bits per heavy atom. The first-order chi connectivity index (χ1) is 8.19. The van der Waals surface area contributed by atoms with Gasteiger partial charge >= 0.3 is 5.97 Å². The molecule has 2 nitrogen and oxygen atoms in total. The number of rotatable bonds is 7. The number of aromatic carboxylic acids is 1. The molecule has 17 heavy (non-hydrogen) atoms. The lowest BCUT2D eigenvalue weighted by molar-refractivity contribution is 0.0693. The molecule has 1 aromatic carbocycles. The van der Waals surface area contributed by atoms with Gasteiger partial charge in [0.05, 0.1) is 5.56 Å². The average molecular weight is 266 g/mol. The average Bonchev–Trinajstić information content (AvgIpc) is 2.33. The summed E-state index contributed by atoms with van der Waals surface area (Å²) in [6.07, 6.45) is 3.59. The molecular weight excluding hydrogens is 252 g/mol. The second-order valence-corrected chi connectivity index (χ2v) is 5.32. The van der Waals surface area contributed by atoms with Crippen LogP contribution in [0.1, 0.15) is 10.4 Å². The Labute approximate surface area is 110 Å². The molecule has 0 aliphatic carbocycles. The summed E-state index contributed by atoms with van der Waals surface area (Å²) in [7, 11) is 0. The highest BCUT2D eigenvalue weighted by molar-refractivity contribution is 8.00. The third-order valence-electron chi connectivity index (χ3n) is 1.91. The lowest BCUT2D eigenvalue weighted by Gasteiger charge is -2.07. The van der Waals surface area contributed by atoms with Gasteiger partial charge in [0.1, 0.15) is 0 Å². The van der Waals surface area contributed by atoms with Crippen LogP contribution < -0.4 is 0 Å². The molecule has 0 radical (unpaired) electrons. The molecule has 1 N–H and O–H groups in total. The number of carboxylic acid groups (broad SMARTS) is 1. The van der Waals surface area contributed by atoms with Gasteiger partial charge in [0.2, 0.25) is 0 Å². The Kier molecular flexibility index (Phi) is 5.94. The van der Waals surface area contributed by atoms with Crippen LogP contribution in [0.15, 0.2) is 53.3 Å². The molecule has 0 saturated heterocycles. The third-order valence-corrected chi connectivity index (χ3v) is 3.95. The second kappa shape index (κ2) is 7.25. The summed E-state index contributed by atoms with van der Waals surface area (Å²) in [5.41, 5.74) is 0.347. The third kappa shape index (κ3) is 4.32. The van der Waals surface area contributed by atoms with E-state index in [1.54, 1.807) is 23.9 Å². The number of hydrogen-bond acceptors (Lipinski definition) is 3. The lowest BCUT2D eigenvalue weighted by atomic mass is 10.2. The van der Waals surface area contributed by atoms with Gasteiger partial charge in [-0.05, 0) is 18.2 Å². The van der Waals surface area contributed by atoms with E-state index in [-0.39, 0.29) is 0 Å². The van der Waals surface area contributed by atoms with Crippen LogP contribution in [0.3, 0.4) is 0 Å². The monoisotopic (exact) mass is 266 g/mol. The van der Waals surface area contributed by atoms with Crippen LogP contribution in [-0.4, -0.2) is 22.6 Å². The standard InChI is InChI=1S/C13H14O2S2/c1-3-7-16-10-5-6-11(13(14)15)12(9-10)17-8-4-2/h3-6,9H,1-2,7-8H2,(H,14,15). The van der Waals surface area contributed by atoms with Crippen LogP contribution in [0.2, 0.25) is 0 Å². The maximum absolute atomic E-state index is 11.0. The molecule has 0 saturated carbocycles. The number of carbonyl (C=O) groups is 1. The molecule has 0 aliphatic heterocycles. The van der Waals surface area contributed by atoms with Crippen molar-refractivity contribution < 1.29 is 9.90 Å². The molecule has 0 atom stereocenters. The number of carboxylic acids is 1. The molecule has 0 aromatic heterocycles. The van der Waals surface area contributed by atoms with Crippen LogP contribution in [-0.2, 0) is 0 Å². The van der Waals surface area contributed by atoms with Gasteiger partial charge in [0, 0.05) is 21.3 Å². The van der Waals surface area contributed by atoms with Crippen molar-refractivity contribution in [3.05, 3.63) is 49.1 Å². The van der Waals surface area contributed by atoms with E-state index in [1.165, 1.54) is 11.8 Å². The zero-order valence-electron chi connectivity index (χ0n) is 9.39. The molecular formula is C13H14O2S2. The minimum absolute atomic E-state index is 0.347. The molecule has 90 valence electrons. The van der Waals surface area contributed by atoms with Crippen molar-refractivity contribution in [3.63, 3.8) is 0 Å². The summed E-state index contributed by atoms with van der Waals surface area (Å²) in [6.45, 7) is 7.30. The summed E-state index contributed by atoms with van der Waals surface area (Å²) in [4.78, 5) is 12.9. The first-order valence-corrected chi connectivity index (χ1v) is 7.01. The summed E-state index contributed by atoms with van der Waals surface area (Å²) in [6, 6.07) is 5.39. The minimum atomic E-state index is -0.892. The van der Waals surface area contributed by atoms with Gasteiger partial charge in [-0.1, -0.05) is 12.2 Å². The van der Waals surface area contributed by atoms with Crippen molar-refractivity contribution in [2.75, 3.05) is 11.5 Å². The largest absolute Gasteiger partial charge is 0.478 e. The zero-order chi connectivity index (χ0) is 12.7. The van der Waals surface area contributed by atoms with E-state index in [0.29, 0.717) is 11.3 Å². The summed E-state index contributed by atoms with van der Waals surface area (Å²) >= 11 is 3.12. The van der Waals surface area contributed by atoms with Gasteiger partial charge in [-0.25, -0.2) is 4.79 Å². The highest BCUT2D eigenvalue weighted by Gasteiger charge is 2.10. The quantitative estimate of drug-likeness (QED) is 0.599. The normalized spacial score (nSPS) is 9.88. The molecule has 4 heteroatoms. The first-order valence-electron chi connectivity index (χ1n) is 5.03. The minimum Gasteiger partial charge on any atom is -0.478 e. The maximum Gasteiger partial charge on any atom is 0.336 e. The molecule has 1 aromatic rings. The molecule has 1 rings (SSSR count). The second-order valence-electron chi connectivity index (χ2n) is 3.16. The van der Waals surface area contributed by atoms with Gasteiger partial charge in [0.25, 0.3) is 0 Å². The number of benzene rings is 1. The molecule has 0 fully saturated rings. The van der Waals surface area contributed by atoms with Crippen molar-refractivity contribution in [2.24, 2.45) is 0 Å². The van der Waals surface area contributed by atoms with Crippen molar-refractivity contribution in [1.82, 2.24) is 0 Å². The topological polar surface area (TPSA) is 37.3 Å². The van der Waals surface area contributed by atoms with Crippen molar-refractivity contribution in [3.8, 4) is 0 Å². The summed E-state index contributed by atoms with van der Waals surface area (Å²) in [5, 5.41) is 9.07. The Hall–Kier alpha value is -1.13. The zero-order valence-corrected chi connectivity index (χ0v) is 11.0. The molecule has 0 spiro atoms. The predicted octanol–water partition coefficient (Wildman–Crippen LogP) is 3.94. The smallest absolute Gasteiger partial charge is 0.336 e. The van der Waals surface area contributed by atoms with Crippen LogP contribution in [0.25, 0.3) is 0 Å². The fraction of sp³-hybridized carbons (Fsp3) is 0.154. The Morgan fingerprint density at radius 3 is 2.47 bits per heavy atom. The van der Waals surface area contributed by atoms with Crippen molar-refractivity contribution in [2.45, 2.75) is 9.79 Å². The van der Waals surface area contributed by atoms with Gasteiger partial charge in [-0.15, -0.1) is 36.7 Å². The van der Waals surface area contributed by atoms with E-state index in [2.05, 4.69) is 13.2 Å². The Morgan fingerprint density at radius 1 is 1.24 bits per heavy atom. The van der Waals surface area contributed by atoms with Crippen LogP contribution in [0, 0.1) is 0 Å². The van der Waals surface area contributed by atoms with E-state index < -0.39 is 5.97 Å².